The van der Waals surface area contributed by atoms with Crippen molar-refractivity contribution in [2.24, 2.45) is 0 Å². The van der Waals surface area contributed by atoms with Crippen LogP contribution in [-0.2, 0) is 0 Å². The number of hydrogen-bond donors (Lipinski definition) is 0. The van der Waals surface area contributed by atoms with Gasteiger partial charge in [0.2, 0.25) is 0 Å². The first-order valence-electron chi connectivity index (χ1n) is 11.0. The molecule has 8 heteroatoms. The summed E-state index contributed by atoms with van der Waals surface area (Å²) in [5.41, 5.74) is 1.68. The van der Waals surface area contributed by atoms with Crippen LogP contribution >= 0.6 is 11.6 Å². The molecule has 0 bridgehead atoms. The van der Waals surface area contributed by atoms with Gasteiger partial charge in [-0.2, -0.15) is 9.89 Å². The van der Waals surface area contributed by atoms with Crippen LogP contribution in [0.3, 0.4) is 0 Å². The molecule has 0 radical (unpaired) electrons. The Morgan fingerprint density at radius 1 is 1.06 bits per heavy atom. The van der Waals surface area contributed by atoms with E-state index in [1.807, 2.05) is 29.2 Å². The minimum Gasteiger partial charge on any atom is -0.493 e. The molecule has 1 saturated heterocycles. The molecule has 0 atom stereocenters. The van der Waals surface area contributed by atoms with E-state index in [0.717, 1.165) is 61.5 Å². The third-order valence-corrected chi connectivity index (χ3v) is 6.06. The van der Waals surface area contributed by atoms with Gasteiger partial charge in [-0.3, -0.25) is 14.7 Å². The topological polar surface area (TPSA) is 59.8 Å². The zero-order chi connectivity index (χ0) is 22.5. The molecule has 1 aliphatic heterocycles. The number of ketones is 1. The Kier molecular flexibility index (Phi) is 7.17. The second-order valence-corrected chi connectivity index (χ2v) is 8.45. The highest BCUT2D eigenvalue weighted by Gasteiger charge is 2.19. The van der Waals surface area contributed by atoms with Crippen molar-refractivity contribution in [3.63, 3.8) is 0 Å². The molecule has 0 spiro atoms. The van der Waals surface area contributed by atoms with Crippen LogP contribution in [0.5, 0.6) is 11.5 Å². The molecule has 32 heavy (non-hydrogen) atoms. The molecule has 1 aromatic heterocycles. The van der Waals surface area contributed by atoms with Crippen LogP contribution in [0.2, 0.25) is 5.02 Å². The number of benzene rings is 2. The van der Waals surface area contributed by atoms with Crippen molar-refractivity contribution < 1.29 is 14.3 Å². The largest absolute Gasteiger partial charge is 0.493 e. The first kappa shape index (κ1) is 22.4. The van der Waals surface area contributed by atoms with E-state index in [1.165, 1.54) is 0 Å². The fraction of sp³-hybridized carbons (Fsp3) is 0.417. The lowest BCUT2D eigenvalue weighted by molar-refractivity contribution is 0.101. The number of ether oxygens (including phenoxy) is 2. The number of Topliss-reactive ketones (excluding diaryl/α,β-unsaturated/α-hetero) is 1. The average Bonchev–Trinajstić information content (AvgIpc) is 3.22. The second kappa shape index (κ2) is 10.2. The van der Waals surface area contributed by atoms with Gasteiger partial charge in [-0.05, 0) is 62.7 Å². The second-order valence-electron chi connectivity index (χ2n) is 8.01. The van der Waals surface area contributed by atoms with E-state index in [2.05, 4.69) is 15.0 Å². The minimum atomic E-state index is 0.0134. The number of nitrogens with zero attached hydrogens (tertiary/aromatic N) is 4. The molecule has 3 aromatic rings. The van der Waals surface area contributed by atoms with Gasteiger partial charge in [-0.1, -0.05) is 11.6 Å². The fourth-order valence-corrected chi connectivity index (χ4v) is 4.15. The van der Waals surface area contributed by atoms with E-state index in [-0.39, 0.29) is 5.78 Å². The van der Waals surface area contributed by atoms with Crippen LogP contribution in [-0.4, -0.2) is 67.0 Å². The summed E-state index contributed by atoms with van der Waals surface area (Å²) in [6, 6.07) is 11.2. The van der Waals surface area contributed by atoms with Gasteiger partial charge in [0, 0.05) is 42.2 Å². The summed E-state index contributed by atoms with van der Waals surface area (Å²) in [7, 11) is 1.59. The predicted octanol–water partition coefficient (Wildman–Crippen LogP) is 4.01. The predicted molar refractivity (Wildman–Crippen MR) is 127 cm³/mol. The number of fused-ring (bicyclic) bond motifs is 1. The van der Waals surface area contributed by atoms with E-state index in [9.17, 15) is 4.79 Å². The van der Waals surface area contributed by atoms with Gasteiger partial charge in [0.05, 0.1) is 25.4 Å². The minimum absolute atomic E-state index is 0.0134. The Morgan fingerprint density at radius 2 is 1.88 bits per heavy atom. The van der Waals surface area contributed by atoms with Crippen molar-refractivity contribution in [3.8, 4) is 11.5 Å². The summed E-state index contributed by atoms with van der Waals surface area (Å²) in [5.74, 6) is 1.29. The molecule has 0 saturated carbocycles. The summed E-state index contributed by atoms with van der Waals surface area (Å²) >= 11 is 6.17. The average molecular weight is 457 g/mol. The highest BCUT2D eigenvalue weighted by atomic mass is 35.5. The summed E-state index contributed by atoms with van der Waals surface area (Å²) in [5, 5.41) is 8.65. The van der Waals surface area contributed by atoms with Crippen molar-refractivity contribution in [1.82, 2.24) is 14.8 Å². The molecular formula is C24H29ClN4O3. The van der Waals surface area contributed by atoms with E-state index in [4.69, 9.17) is 21.1 Å². The van der Waals surface area contributed by atoms with Crippen molar-refractivity contribution in [1.29, 1.82) is 0 Å². The van der Waals surface area contributed by atoms with Crippen LogP contribution in [0.1, 0.15) is 30.1 Å². The van der Waals surface area contributed by atoms with Crippen molar-refractivity contribution in [3.05, 3.63) is 53.2 Å². The summed E-state index contributed by atoms with van der Waals surface area (Å²) in [6.45, 7) is 7.08. The normalized spacial score (nSPS) is 14.7. The molecule has 0 amide bonds. The summed E-state index contributed by atoms with van der Waals surface area (Å²) in [6.07, 6.45) is 3.91. The number of rotatable bonds is 9. The van der Waals surface area contributed by atoms with Gasteiger partial charge >= 0.3 is 0 Å². The zero-order valence-electron chi connectivity index (χ0n) is 18.6. The van der Waals surface area contributed by atoms with E-state index >= 15 is 0 Å². The number of carbonyl (C=O) groups excluding carboxylic acids is 1. The molecule has 7 nitrogen and oxygen atoms in total. The van der Waals surface area contributed by atoms with E-state index in [1.54, 1.807) is 32.2 Å². The fourth-order valence-electron chi connectivity index (χ4n) is 3.98. The maximum absolute atomic E-state index is 11.5. The van der Waals surface area contributed by atoms with Crippen molar-refractivity contribution in [2.75, 3.05) is 51.4 Å². The molecule has 2 aromatic carbocycles. The lowest BCUT2D eigenvalue weighted by atomic mass is 10.1. The molecule has 170 valence electrons. The van der Waals surface area contributed by atoms with E-state index in [0.29, 0.717) is 23.7 Å². The van der Waals surface area contributed by atoms with Gasteiger partial charge in [-0.25, -0.2) is 0 Å². The van der Waals surface area contributed by atoms with Crippen LogP contribution < -0.4 is 14.5 Å². The van der Waals surface area contributed by atoms with Gasteiger partial charge in [0.15, 0.2) is 17.3 Å². The lowest BCUT2D eigenvalue weighted by Gasteiger charge is -2.35. The number of hydrogen-bond acceptors (Lipinski definition) is 6. The summed E-state index contributed by atoms with van der Waals surface area (Å²) < 4.78 is 11.2. The maximum atomic E-state index is 11.5. The Bertz CT molecular complexity index is 1080. The number of methoxy groups -OCH3 is 1. The molecule has 0 unspecified atom stereocenters. The molecule has 4 rings (SSSR count). The number of aromatic nitrogens is 2. The maximum Gasteiger partial charge on any atom is 0.161 e. The van der Waals surface area contributed by atoms with Crippen LogP contribution in [0.15, 0.2) is 42.6 Å². The first-order valence-corrected chi connectivity index (χ1v) is 11.4. The Labute approximate surface area is 193 Å². The van der Waals surface area contributed by atoms with Crippen molar-refractivity contribution >= 4 is 28.3 Å². The number of unbranched alkanes of at least 4 members (excludes halogenated alkanes) is 1. The third kappa shape index (κ3) is 5.16. The van der Waals surface area contributed by atoms with Gasteiger partial charge in [0.25, 0.3) is 0 Å². The third-order valence-electron chi connectivity index (χ3n) is 5.83. The zero-order valence-corrected chi connectivity index (χ0v) is 19.3. The Morgan fingerprint density at radius 3 is 2.62 bits per heavy atom. The molecule has 2 heterocycles. The van der Waals surface area contributed by atoms with Crippen LogP contribution in [0, 0.1) is 0 Å². The van der Waals surface area contributed by atoms with Crippen LogP contribution in [0.4, 0.5) is 0 Å². The van der Waals surface area contributed by atoms with Crippen LogP contribution in [0.25, 0.3) is 10.9 Å². The molecule has 0 N–H and O–H groups in total. The van der Waals surface area contributed by atoms with Gasteiger partial charge in [0.1, 0.15) is 0 Å². The number of piperazine rings is 1. The number of carbonyl (C=O) groups is 1. The van der Waals surface area contributed by atoms with Crippen molar-refractivity contribution in [2.45, 2.75) is 19.8 Å². The standard InChI is InChI=1S/C24H29ClN4O3/c1-18(30)19-6-8-23(24(15-19)31-2)32-14-4-3-9-27-10-12-28(13-11-27)29-22-16-21(25)7-5-20(22)17-26-29/h5-8,15-17H,3-4,9-14H2,1-2H3. The highest BCUT2D eigenvalue weighted by molar-refractivity contribution is 6.31. The highest BCUT2D eigenvalue weighted by Crippen LogP contribution is 2.28. The molecule has 1 fully saturated rings. The molecule has 1 aliphatic rings. The van der Waals surface area contributed by atoms with Gasteiger partial charge < -0.3 is 9.47 Å². The SMILES string of the molecule is COc1cc(C(C)=O)ccc1OCCCCN1CCN(n2ncc3ccc(Cl)cc32)CC1. The molecular weight excluding hydrogens is 428 g/mol. The number of halogens is 1. The monoisotopic (exact) mass is 456 g/mol. The smallest absolute Gasteiger partial charge is 0.161 e. The summed E-state index contributed by atoms with van der Waals surface area (Å²) in [4.78, 5) is 16.0. The Balaban J connectivity index is 1.20. The lowest BCUT2D eigenvalue weighted by Crippen LogP contribution is -2.51. The Hall–Kier alpha value is -2.77. The van der Waals surface area contributed by atoms with E-state index < -0.39 is 0 Å². The molecule has 0 aliphatic carbocycles. The first-order chi connectivity index (χ1) is 15.5. The quantitative estimate of drug-likeness (QED) is 0.358. The van der Waals surface area contributed by atoms with Gasteiger partial charge in [-0.15, -0.1) is 0 Å².